The minimum atomic E-state index is -4.61. The summed E-state index contributed by atoms with van der Waals surface area (Å²) in [6.45, 7) is 0. The summed E-state index contributed by atoms with van der Waals surface area (Å²) in [5.41, 5.74) is 0. The van der Waals surface area contributed by atoms with Gasteiger partial charge in [-0.25, -0.2) is 0 Å². The van der Waals surface area contributed by atoms with Crippen molar-refractivity contribution in [3.63, 3.8) is 0 Å². The molecule has 8 heteroatoms. The molecule has 8 heavy (non-hydrogen) atoms. The fourth-order valence-electron chi connectivity index (χ4n) is 0. The normalized spacial score (nSPS) is 7.50. The zero-order valence-electron chi connectivity index (χ0n) is 2.29. The molecule has 0 saturated carbocycles. The molecule has 50 valence electrons. The van der Waals surface area contributed by atoms with Crippen LogP contribution in [-0.4, -0.2) is 79.6 Å². The summed E-state index contributed by atoms with van der Waals surface area (Å²) in [4.78, 5) is 29.3. The van der Waals surface area contributed by atoms with Crippen LogP contribution in [0.1, 0.15) is 0 Å². The molecular formula is H13AlMgO4Si2. The Labute approximate surface area is 79.3 Å². The van der Waals surface area contributed by atoms with Crippen molar-refractivity contribution in [1.29, 1.82) is 0 Å². The van der Waals surface area contributed by atoms with E-state index in [9.17, 15) is 0 Å². The second kappa shape index (κ2) is 8.57. The summed E-state index contributed by atoms with van der Waals surface area (Å²) in [5.74, 6) is 0. The number of hydrogen-bond acceptors (Lipinski definition) is 4. The van der Waals surface area contributed by atoms with Crippen molar-refractivity contribution in [2.24, 2.45) is 0 Å². The molecule has 0 heterocycles. The quantitative estimate of drug-likeness (QED) is 0.283. The van der Waals surface area contributed by atoms with Crippen molar-refractivity contribution in [2.75, 3.05) is 0 Å². The zero-order chi connectivity index (χ0) is 4.50. The van der Waals surface area contributed by atoms with Gasteiger partial charge in [-0.2, -0.15) is 0 Å². The molecule has 0 aliphatic carbocycles. The van der Waals surface area contributed by atoms with E-state index < -0.39 is 9.05 Å². The molecular weight excluding hydrogens is 171 g/mol. The monoisotopic (exact) mass is 184 g/mol. The van der Waals surface area contributed by atoms with Crippen LogP contribution in [0.3, 0.4) is 0 Å². The van der Waals surface area contributed by atoms with Gasteiger partial charge >= 0.3 is 32.1 Å². The molecule has 0 aliphatic rings. The summed E-state index contributed by atoms with van der Waals surface area (Å²) < 4.78 is 0. The smallest absolute Gasteiger partial charge is 0.368 e. The van der Waals surface area contributed by atoms with Crippen molar-refractivity contribution in [1.82, 2.24) is 0 Å². The molecule has 0 unspecified atom stereocenters. The van der Waals surface area contributed by atoms with Gasteiger partial charge in [0.1, 0.15) is 0 Å². The molecule has 0 bridgehead atoms. The van der Waals surface area contributed by atoms with E-state index >= 15 is 0 Å². The Balaban J connectivity index is -0.0000000267. The maximum absolute atomic E-state index is 7.33. The summed E-state index contributed by atoms with van der Waals surface area (Å²) in [7, 11) is -4.61. The highest BCUT2D eigenvalue weighted by Gasteiger charge is 2.22. The molecule has 0 aromatic heterocycles. The van der Waals surface area contributed by atoms with E-state index in [1.54, 1.807) is 0 Å². The van der Waals surface area contributed by atoms with Crippen LogP contribution < -0.4 is 0 Å². The fraction of sp³-hybridized carbons (Fsp3) is 0. The molecule has 0 aromatic rings. The van der Waals surface area contributed by atoms with E-state index in [2.05, 4.69) is 0 Å². The fourth-order valence-corrected chi connectivity index (χ4v) is 0. The molecule has 4 nitrogen and oxygen atoms in total. The molecule has 0 aliphatic heterocycles. The predicted molar refractivity (Wildman–Crippen MR) is 44.4 cm³/mol. The van der Waals surface area contributed by atoms with Crippen LogP contribution in [0.2, 0.25) is 0 Å². The summed E-state index contributed by atoms with van der Waals surface area (Å²) in [6.07, 6.45) is 0. The Morgan fingerprint density at radius 1 is 0.875 bits per heavy atom. The van der Waals surface area contributed by atoms with Gasteiger partial charge in [0, 0.05) is 0 Å². The van der Waals surface area contributed by atoms with Crippen LogP contribution in [0, 0.1) is 0 Å². The lowest BCUT2D eigenvalue weighted by molar-refractivity contribution is 0.117. The number of rotatable bonds is 0. The molecule has 0 aromatic carbocycles. The van der Waals surface area contributed by atoms with Crippen molar-refractivity contribution in [2.45, 2.75) is 0 Å². The van der Waals surface area contributed by atoms with Gasteiger partial charge in [-0.15, -0.1) is 0 Å². The van der Waals surface area contributed by atoms with E-state index in [1.165, 1.54) is 0 Å². The van der Waals surface area contributed by atoms with Crippen LogP contribution in [0.5, 0.6) is 0 Å². The number of hydrogen-bond donors (Lipinski definition) is 4. The van der Waals surface area contributed by atoms with Gasteiger partial charge in [0.2, 0.25) is 0 Å². The van der Waals surface area contributed by atoms with Crippen molar-refractivity contribution < 1.29 is 19.2 Å². The van der Waals surface area contributed by atoms with Gasteiger partial charge in [-0.1, -0.05) is 0 Å². The Morgan fingerprint density at radius 3 is 0.875 bits per heavy atom. The first-order chi connectivity index (χ1) is 2.00. The lowest BCUT2D eigenvalue weighted by Gasteiger charge is -1.91. The maximum atomic E-state index is 7.33. The molecule has 0 atom stereocenters. The van der Waals surface area contributed by atoms with Crippen LogP contribution in [0.15, 0.2) is 0 Å². The molecule has 0 spiro atoms. The molecule has 4 N–H and O–H groups in total. The molecule has 0 amide bonds. The lowest BCUT2D eigenvalue weighted by atomic mass is 15.7. The van der Waals surface area contributed by atoms with Gasteiger partial charge < -0.3 is 19.2 Å². The summed E-state index contributed by atoms with van der Waals surface area (Å²) in [6, 6.07) is 0. The second-order valence-electron chi connectivity index (χ2n) is 0.600. The first kappa shape index (κ1) is 22.7. The van der Waals surface area contributed by atoms with E-state index in [4.69, 9.17) is 19.2 Å². The highest BCUT2D eigenvalue weighted by atomic mass is 28.4. The molecule has 0 radical (unpaired) electrons. The highest BCUT2D eigenvalue weighted by molar-refractivity contribution is 6.46. The molecule has 0 fully saturated rings. The minimum Gasteiger partial charge on any atom is -0.368 e. The van der Waals surface area contributed by atoms with E-state index in [0.717, 1.165) is 0 Å². The maximum Gasteiger partial charge on any atom is 0.668 e. The topological polar surface area (TPSA) is 80.9 Å². The van der Waals surface area contributed by atoms with E-state index in [-0.39, 0.29) is 51.4 Å². The van der Waals surface area contributed by atoms with Crippen LogP contribution in [-0.2, 0) is 0 Å². The third kappa shape index (κ3) is 132. The lowest BCUT2D eigenvalue weighted by Crippen LogP contribution is -2.33. The van der Waals surface area contributed by atoms with Crippen LogP contribution >= 0.6 is 0 Å². The van der Waals surface area contributed by atoms with Crippen LogP contribution in [0.4, 0.5) is 0 Å². The van der Waals surface area contributed by atoms with E-state index in [1.807, 2.05) is 0 Å². The van der Waals surface area contributed by atoms with Gasteiger partial charge in [0.15, 0.2) is 17.4 Å². The summed E-state index contributed by atoms with van der Waals surface area (Å²) in [5, 5.41) is 0. The first-order valence-electron chi connectivity index (χ1n) is 0.894. The zero-order valence-corrected chi connectivity index (χ0v) is 3.29. The predicted octanol–water partition coefficient (Wildman–Crippen LogP) is -6.16. The first-order valence-corrected chi connectivity index (χ1v) is 2.68. The van der Waals surface area contributed by atoms with Crippen LogP contribution in [0.25, 0.3) is 0 Å². The van der Waals surface area contributed by atoms with Gasteiger partial charge in [0.25, 0.3) is 0 Å². The third-order valence-electron chi connectivity index (χ3n) is 0. The molecule has 0 saturated heterocycles. The third-order valence-corrected chi connectivity index (χ3v) is 0. The standard InChI is InChI=1S/Al.Mg.H4O4Si.H4Si.5H/c;;1-5(2,3)4;;;;;;/h;;1-4H;1H4;;;;;. The van der Waals surface area contributed by atoms with Crippen molar-refractivity contribution >= 4 is 60.4 Å². The Bertz CT molecular complexity index is 29.5. The second-order valence-corrected chi connectivity index (χ2v) is 1.80. The van der Waals surface area contributed by atoms with Crippen molar-refractivity contribution in [3.8, 4) is 0 Å². The average Bonchev–Trinajstić information content (AvgIpc) is 0.722. The Hall–Kier alpha value is 1.57. The highest BCUT2D eigenvalue weighted by Crippen LogP contribution is 1.67. The minimum absolute atomic E-state index is 0. The summed E-state index contributed by atoms with van der Waals surface area (Å²) >= 11 is 0. The largest absolute Gasteiger partial charge is 0.668 e. The molecule has 0 rings (SSSR count). The van der Waals surface area contributed by atoms with Gasteiger partial charge in [-0.3, -0.25) is 0 Å². The SMILES string of the molecule is O[Si](O)(O)O.[AlH3].[MgH2].[SiH4]. The Kier molecular flexibility index (Phi) is 24.3. The van der Waals surface area contributed by atoms with Crippen molar-refractivity contribution in [3.05, 3.63) is 0 Å². The Morgan fingerprint density at radius 2 is 0.875 bits per heavy atom. The van der Waals surface area contributed by atoms with Gasteiger partial charge in [-0.05, 0) is 11.0 Å². The average molecular weight is 185 g/mol. The van der Waals surface area contributed by atoms with E-state index in [0.29, 0.717) is 0 Å². The van der Waals surface area contributed by atoms with Gasteiger partial charge in [0.05, 0.1) is 0 Å².